The standard InChI is InChI=1S/C28H30N4/c1-30(21-23-9-4-2-5-10-23)26-19-25-13-8-14-29-28(25)27(20-26)32-17-15-31(16-18-32)22-24-11-6-3-7-12-24/h2-14,19-20H,15-18,21-22H2,1H3. The molecule has 1 aliphatic heterocycles. The average Bonchev–Trinajstić information content (AvgIpc) is 2.85. The third kappa shape index (κ3) is 4.61. The third-order valence-corrected chi connectivity index (χ3v) is 6.33. The Kier molecular flexibility index (Phi) is 6.04. The lowest BCUT2D eigenvalue weighted by Gasteiger charge is -2.37. The van der Waals surface area contributed by atoms with Crippen LogP contribution in [0.1, 0.15) is 11.1 Å². The van der Waals surface area contributed by atoms with Crippen molar-refractivity contribution in [2.45, 2.75) is 13.1 Å². The lowest BCUT2D eigenvalue weighted by molar-refractivity contribution is 0.250. The van der Waals surface area contributed by atoms with Gasteiger partial charge in [0, 0.05) is 63.6 Å². The van der Waals surface area contributed by atoms with E-state index in [1.54, 1.807) is 0 Å². The summed E-state index contributed by atoms with van der Waals surface area (Å²) in [6.07, 6.45) is 1.91. The Morgan fingerprint density at radius 2 is 1.47 bits per heavy atom. The minimum absolute atomic E-state index is 0.886. The SMILES string of the molecule is CN(Cc1ccccc1)c1cc(N2CCN(Cc3ccccc3)CC2)c2ncccc2c1. The molecule has 0 radical (unpaired) electrons. The number of fused-ring (bicyclic) bond motifs is 1. The molecule has 0 unspecified atom stereocenters. The van der Waals surface area contributed by atoms with Crippen molar-refractivity contribution in [1.29, 1.82) is 0 Å². The van der Waals surface area contributed by atoms with Gasteiger partial charge in [0.1, 0.15) is 0 Å². The molecule has 4 nitrogen and oxygen atoms in total. The quantitative estimate of drug-likeness (QED) is 0.426. The van der Waals surface area contributed by atoms with Crippen LogP contribution in [0.2, 0.25) is 0 Å². The maximum atomic E-state index is 4.75. The molecule has 0 saturated carbocycles. The van der Waals surface area contributed by atoms with Crippen LogP contribution in [0, 0.1) is 0 Å². The third-order valence-electron chi connectivity index (χ3n) is 6.33. The van der Waals surface area contributed by atoms with E-state index in [-0.39, 0.29) is 0 Å². The van der Waals surface area contributed by atoms with Crippen LogP contribution in [-0.4, -0.2) is 43.1 Å². The van der Waals surface area contributed by atoms with Crippen LogP contribution >= 0.6 is 0 Å². The second-order valence-corrected chi connectivity index (χ2v) is 8.63. The Balaban J connectivity index is 1.36. The molecule has 1 aliphatic rings. The molecule has 0 N–H and O–H groups in total. The highest BCUT2D eigenvalue weighted by molar-refractivity contribution is 5.94. The fraction of sp³-hybridized carbons (Fsp3) is 0.250. The molecular formula is C28H30N4. The lowest BCUT2D eigenvalue weighted by Crippen LogP contribution is -2.46. The van der Waals surface area contributed by atoms with Gasteiger partial charge in [0.15, 0.2) is 0 Å². The molecule has 0 amide bonds. The van der Waals surface area contributed by atoms with Crippen molar-refractivity contribution in [3.05, 3.63) is 102 Å². The normalized spacial score (nSPS) is 14.6. The highest BCUT2D eigenvalue weighted by Crippen LogP contribution is 2.32. The molecule has 2 heterocycles. The van der Waals surface area contributed by atoms with Crippen LogP contribution < -0.4 is 9.80 Å². The minimum atomic E-state index is 0.886. The van der Waals surface area contributed by atoms with Crippen molar-refractivity contribution in [3.8, 4) is 0 Å². The second kappa shape index (κ2) is 9.41. The van der Waals surface area contributed by atoms with Gasteiger partial charge in [-0.05, 0) is 29.3 Å². The summed E-state index contributed by atoms with van der Waals surface area (Å²) in [5.41, 5.74) is 6.28. The Morgan fingerprint density at radius 1 is 0.781 bits per heavy atom. The smallest absolute Gasteiger partial charge is 0.0936 e. The van der Waals surface area contributed by atoms with Gasteiger partial charge in [0.2, 0.25) is 0 Å². The summed E-state index contributed by atoms with van der Waals surface area (Å²) in [6, 6.07) is 30.2. The largest absolute Gasteiger partial charge is 0.370 e. The monoisotopic (exact) mass is 422 g/mol. The van der Waals surface area contributed by atoms with Gasteiger partial charge in [0.05, 0.1) is 11.2 Å². The molecule has 0 bridgehead atoms. The summed E-state index contributed by atoms with van der Waals surface area (Å²) in [5, 5.41) is 1.20. The first-order valence-electron chi connectivity index (χ1n) is 11.4. The van der Waals surface area contributed by atoms with Gasteiger partial charge in [-0.3, -0.25) is 9.88 Å². The van der Waals surface area contributed by atoms with E-state index in [2.05, 4.69) is 101 Å². The number of rotatable bonds is 6. The number of nitrogens with zero attached hydrogens (tertiary/aromatic N) is 4. The molecule has 0 spiro atoms. The summed E-state index contributed by atoms with van der Waals surface area (Å²) in [7, 11) is 2.17. The first-order chi connectivity index (χ1) is 15.8. The number of anilines is 2. The van der Waals surface area contributed by atoms with Crippen molar-refractivity contribution in [3.63, 3.8) is 0 Å². The van der Waals surface area contributed by atoms with Crippen LogP contribution in [0.15, 0.2) is 91.1 Å². The lowest BCUT2D eigenvalue weighted by atomic mass is 10.1. The summed E-state index contributed by atoms with van der Waals surface area (Å²) in [6.45, 7) is 6.07. The van der Waals surface area contributed by atoms with Crippen molar-refractivity contribution >= 4 is 22.3 Å². The van der Waals surface area contributed by atoms with Crippen molar-refractivity contribution < 1.29 is 0 Å². The van der Waals surface area contributed by atoms with Gasteiger partial charge in [-0.25, -0.2) is 0 Å². The van der Waals surface area contributed by atoms with E-state index in [4.69, 9.17) is 4.98 Å². The molecule has 1 fully saturated rings. The van der Waals surface area contributed by atoms with Crippen LogP contribution in [-0.2, 0) is 13.1 Å². The summed E-state index contributed by atoms with van der Waals surface area (Å²) in [4.78, 5) is 12.1. The summed E-state index contributed by atoms with van der Waals surface area (Å²) < 4.78 is 0. The first-order valence-corrected chi connectivity index (χ1v) is 11.4. The van der Waals surface area contributed by atoms with Crippen LogP contribution in [0.5, 0.6) is 0 Å². The Bertz CT molecular complexity index is 1150. The van der Waals surface area contributed by atoms with Gasteiger partial charge in [-0.1, -0.05) is 66.7 Å². The van der Waals surface area contributed by atoms with Crippen molar-refractivity contribution in [2.24, 2.45) is 0 Å². The molecule has 162 valence electrons. The van der Waals surface area contributed by atoms with Gasteiger partial charge in [-0.15, -0.1) is 0 Å². The van der Waals surface area contributed by atoms with Crippen LogP contribution in [0.3, 0.4) is 0 Å². The number of benzene rings is 3. The molecule has 0 aliphatic carbocycles. The number of pyridine rings is 1. The van der Waals surface area contributed by atoms with Gasteiger partial charge in [-0.2, -0.15) is 0 Å². The Labute approximate surface area is 190 Å². The van der Waals surface area contributed by atoms with E-state index in [9.17, 15) is 0 Å². The van der Waals surface area contributed by atoms with E-state index >= 15 is 0 Å². The molecule has 1 aromatic heterocycles. The topological polar surface area (TPSA) is 22.6 Å². The molecule has 4 heteroatoms. The predicted octanol–water partition coefficient (Wildman–Crippen LogP) is 5.19. The van der Waals surface area contributed by atoms with Crippen molar-refractivity contribution in [1.82, 2.24) is 9.88 Å². The highest BCUT2D eigenvalue weighted by atomic mass is 15.3. The van der Waals surface area contributed by atoms with Crippen molar-refractivity contribution in [2.75, 3.05) is 43.0 Å². The van der Waals surface area contributed by atoms with Gasteiger partial charge < -0.3 is 9.80 Å². The van der Waals surface area contributed by atoms with Gasteiger partial charge >= 0.3 is 0 Å². The second-order valence-electron chi connectivity index (χ2n) is 8.63. The summed E-state index contributed by atoms with van der Waals surface area (Å²) in [5.74, 6) is 0. The van der Waals surface area contributed by atoms with Gasteiger partial charge in [0.25, 0.3) is 0 Å². The van der Waals surface area contributed by atoms with E-state index in [0.717, 1.165) is 44.8 Å². The Morgan fingerprint density at radius 3 is 2.19 bits per heavy atom. The molecule has 1 saturated heterocycles. The maximum Gasteiger partial charge on any atom is 0.0936 e. The zero-order chi connectivity index (χ0) is 21.8. The zero-order valence-electron chi connectivity index (χ0n) is 18.7. The summed E-state index contributed by atoms with van der Waals surface area (Å²) >= 11 is 0. The number of hydrogen-bond donors (Lipinski definition) is 0. The fourth-order valence-corrected chi connectivity index (χ4v) is 4.56. The van der Waals surface area contributed by atoms with Crippen LogP contribution in [0.25, 0.3) is 10.9 Å². The van der Waals surface area contributed by atoms with E-state index in [1.807, 2.05) is 12.3 Å². The first kappa shape index (κ1) is 20.5. The molecule has 3 aromatic carbocycles. The molecule has 0 atom stereocenters. The highest BCUT2D eigenvalue weighted by Gasteiger charge is 2.20. The van der Waals surface area contributed by atoms with Crippen LogP contribution in [0.4, 0.5) is 11.4 Å². The molecule has 32 heavy (non-hydrogen) atoms. The number of hydrogen-bond acceptors (Lipinski definition) is 4. The van der Waals surface area contributed by atoms with E-state index in [1.165, 1.54) is 27.9 Å². The maximum absolute atomic E-state index is 4.75. The Hall–Kier alpha value is -3.37. The zero-order valence-corrected chi connectivity index (χ0v) is 18.7. The fourth-order valence-electron chi connectivity index (χ4n) is 4.56. The average molecular weight is 423 g/mol. The predicted molar refractivity (Wildman–Crippen MR) is 134 cm³/mol. The van der Waals surface area contributed by atoms with E-state index < -0.39 is 0 Å². The molecule has 4 aromatic rings. The number of aromatic nitrogens is 1. The molecule has 5 rings (SSSR count). The molecular weight excluding hydrogens is 392 g/mol. The number of piperazine rings is 1. The minimum Gasteiger partial charge on any atom is -0.370 e. The van der Waals surface area contributed by atoms with E-state index in [0.29, 0.717) is 0 Å².